The molecule has 33 heavy (non-hydrogen) atoms. The number of hydrogen-bond donors (Lipinski definition) is 4. The monoisotopic (exact) mass is 462 g/mol. The maximum absolute atomic E-state index is 12.0. The van der Waals surface area contributed by atoms with Gasteiger partial charge in [0.15, 0.2) is 12.6 Å². The van der Waals surface area contributed by atoms with Gasteiger partial charge in [0.1, 0.15) is 0 Å². The van der Waals surface area contributed by atoms with Crippen molar-refractivity contribution in [1.82, 2.24) is 5.32 Å². The molecule has 0 aromatic rings. The number of carboxylic acid groups (broad SMARTS) is 1. The van der Waals surface area contributed by atoms with Crippen molar-refractivity contribution in [2.24, 2.45) is 33.7 Å². The molecule has 4 aliphatic carbocycles. The first-order chi connectivity index (χ1) is 15.6. The molecule has 0 unspecified atom stereocenters. The van der Waals surface area contributed by atoms with Gasteiger partial charge < -0.3 is 25.5 Å². The van der Waals surface area contributed by atoms with Crippen molar-refractivity contribution >= 4 is 17.6 Å². The molecular formula is C25H38N2O6. The number of oxime groups is 1. The lowest BCUT2D eigenvalue weighted by Gasteiger charge is -2.57. The van der Waals surface area contributed by atoms with Crippen LogP contribution in [0.25, 0.3) is 0 Å². The Morgan fingerprint density at radius 3 is 2.64 bits per heavy atom. The second-order valence-electron chi connectivity index (χ2n) is 11.1. The van der Waals surface area contributed by atoms with Gasteiger partial charge in [-0.15, -0.1) is 0 Å². The van der Waals surface area contributed by atoms with Crippen LogP contribution in [0.15, 0.2) is 16.8 Å². The summed E-state index contributed by atoms with van der Waals surface area (Å²) >= 11 is 0. The van der Waals surface area contributed by atoms with Crippen molar-refractivity contribution in [2.75, 3.05) is 6.61 Å². The molecule has 0 radical (unpaired) electrons. The summed E-state index contributed by atoms with van der Waals surface area (Å²) in [5.41, 5.74) is 2.47. The van der Waals surface area contributed by atoms with Crippen LogP contribution in [0.2, 0.25) is 0 Å². The number of allylic oxidation sites excluding steroid dienone is 2. The van der Waals surface area contributed by atoms with Crippen LogP contribution in [0.3, 0.4) is 0 Å². The zero-order chi connectivity index (χ0) is 24.0. The molecule has 4 rings (SSSR count). The molecule has 0 bridgehead atoms. The number of aliphatic carboxylic acids is 1. The van der Waals surface area contributed by atoms with Crippen molar-refractivity contribution in [3.8, 4) is 0 Å². The van der Waals surface area contributed by atoms with Crippen LogP contribution in [0, 0.1) is 28.6 Å². The normalized spacial score (nSPS) is 40.6. The summed E-state index contributed by atoms with van der Waals surface area (Å²) in [6.45, 7) is 5.62. The van der Waals surface area contributed by atoms with Gasteiger partial charge in [0.05, 0.1) is 17.9 Å². The number of carbonyl (C=O) groups excluding carboxylic acids is 1. The Morgan fingerprint density at radius 1 is 1.18 bits per heavy atom. The molecule has 0 saturated heterocycles. The fourth-order valence-electron chi connectivity index (χ4n) is 7.39. The zero-order valence-corrected chi connectivity index (χ0v) is 19.9. The number of carbonyl (C=O) groups is 2. The van der Waals surface area contributed by atoms with Crippen LogP contribution in [0.4, 0.5) is 0 Å². The van der Waals surface area contributed by atoms with Gasteiger partial charge in [0, 0.05) is 0 Å². The van der Waals surface area contributed by atoms with Gasteiger partial charge in [-0.3, -0.25) is 4.79 Å². The van der Waals surface area contributed by atoms with Gasteiger partial charge in [0.2, 0.25) is 0 Å². The van der Waals surface area contributed by atoms with Crippen molar-refractivity contribution in [3.05, 3.63) is 11.6 Å². The lowest BCUT2D eigenvalue weighted by atomic mass is 9.47. The van der Waals surface area contributed by atoms with E-state index < -0.39 is 30.6 Å². The molecule has 1 amide bonds. The van der Waals surface area contributed by atoms with E-state index in [2.05, 4.69) is 30.4 Å². The number of nitrogens with one attached hydrogen (secondary N) is 1. The van der Waals surface area contributed by atoms with E-state index in [0.717, 1.165) is 50.7 Å². The topological polar surface area (TPSA) is 128 Å². The highest BCUT2D eigenvalue weighted by Gasteiger charge is 2.58. The first-order valence-corrected chi connectivity index (χ1v) is 12.3. The summed E-state index contributed by atoms with van der Waals surface area (Å²) in [4.78, 5) is 28.3. The quantitative estimate of drug-likeness (QED) is 0.449. The Bertz CT molecular complexity index is 854. The number of hydrogen-bond acceptors (Lipinski definition) is 6. The Hall–Kier alpha value is -1.93. The molecular weight excluding hydrogens is 424 g/mol. The molecule has 0 aromatic heterocycles. The molecule has 4 aliphatic rings. The van der Waals surface area contributed by atoms with E-state index >= 15 is 0 Å². The smallest absolute Gasteiger partial charge is 0.328 e. The molecule has 8 atom stereocenters. The first kappa shape index (κ1) is 24.2. The minimum atomic E-state index is -1.38. The van der Waals surface area contributed by atoms with Gasteiger partial charge in [-0.1, -0.05) is 24.6 Å². The molecule has 0 aliphatic heterocycles. The van der Waals surface area contributed by atoms with E-state index in [1.165, 1.54) is 18.9 Å². The molecule has 0 aromatic carbocycles. The number of amides is 1. The van der Waals surface area contributed by atoms with Gasteiger partial charge >= 0.3 is 5.97 Å². The second kappa shape index (κ2) is 9.02. The van der Waals surface area contributed by atoms with Crippen molar-refractivity contribution in [3.63, 3.8) is 0 Å². The summed E-state index contributed by atoms with van der Waals surface area (Å²) in [7, 11) is 0. The summed E-state index contributed by atoms with van der Waals surface area (Å²) in [5, 5.41) is 35.5. The fourth-order valence-corrected chi connectivity index (χ4v) is 7.39. The van der Waals surface area contributed by atoms with Gasteiger partial charge in [0.25, 0.3) is 5.91 Å². The average Bonchev–Trinajstić information content (AvgIpc) is 3.06. The number of fused-ring (bicyclic) bond motifs is 5. The van der Waals surface area contributed by atoms with Crippen molar-refractivity contribution < 1.29 is 29.7 Å². The van der Waals surface area contributed by atoms with Crippen LogP contribution >= 0.6 is 0 Å². The number of rotatable bonds is 6. The number of carboxylic acids is 1. The minimum absolute atomic E-state index is 0.0852. The highest BCUT2D eigenvalue weighted by atomic mass is 16.6. The van der Waals surface area contributed by atoms with Crippen molar-refractivity contribution in [1.29, 1.82) is 0 Å². The molecule has 184 valence electrons. The summed E-state index contributed by atoms with van der Waals surface area (Å²) in [6, 6.07) is -1.38. The number of aliphatic hydroxyl groups is 2. The Morgan fingerprint density at radius 2 is 1.94 bits per heavy atom. The minimum Gasteiger partial charge on any atom is -0.480 e. The van der Waals surface area contributed by atoms with Gasteiger partial charge in [-0.05, 0) is 93.0 Å². The first-order valence-electron chi connectivity index (χ1n) is 12.3. The van der Waals surface area contributed by atoms with Crippen molar-refractivity contribution in [2.45, 2.75) is 90.4 Å². The predicted molar refractivity (Wildman–Crippen MR) is 122 cm³/mol. The number of aliphatic hydroxyl groups excluding tert-OH is 2. The lowest BCUT2D eigenvalue weighted by Crippen LogP contribution is -2.51. The van der Waals surface area contributed by atoms with E-state index in [4.69, 9.17) is 9.94 Å². The predicted octanol–water partition coefficient (Wildman–Crippen LogP) is 2.63. The van der Waals surface area contributed by atoms with E-state index in [9.17, 15) is 19.8 Å². The maximum atomic E-state index is 12.0. The van der Waals surface area contributed by atoms with E-state index in [1.54, 1.807) is 0 Å². The van der Waals surface area contributed by atoms with Crippen LogP contribution in [-0.2, 0) is 14.4 Å². The van der Waals surface area contributed by atoms with Crippen LogP contribution < -0.4 is 5.32 Å². The maximum Gasteiger partial charge on any atom is 0.328 e. The highest BCUT2D eigenvalue weighted by molar-refractivity contribution is 5.96. The van der Waals surface area contributed by atoms with E-state index in [-0.39, 0.29) is 16.9 Å². The highest BCUT2D eigenvalue weighted by Crippen LogP contribution is 2.65. The Balaban J connectivity index is 1.39. The lowest BCUT2D eigenvalue weighted by molar-refractivity contribution is -0.145. The van der Waals surface area contributed by atoms with Crippen LogP contribution in [-0.4, -0.2) is 57.8 Å². The third-order valence-corrected chi connectivity index (χ3v) is 9.37. The fraction of sp³-hybridized carbons (Fsp3) is 0.800. The van der Waals surface area contributed by atoms with E-state index in [1.807, 2.05) is 0 Å². The standard InChI is InChI=1S/C25H38N2O6/c1-14(28)22(23(31)32)26-21(30)13-33-27-16-8-10-24(2)15(12-16)4-5-17-18-6-7-20(29)25(18,3)11-9-19(17)24/h12,14,17-20,22,28-29H,4-11,13H2,1-3H3,(H,26,30)(H,31,32)/b27-16+/t14-,17+,18+,19+,20+,22+,24+,25+/m1/s1. The molecule has 8 nitrogen and oxygen atoms in total. The molecule has 3 saturated carbocycles. The summed E-state index contributed by atoms with van der Waals surface area (Å²) < 4.78 is 0. The van der Waals surface area contributed by atoms with E-state index in [0.29, 0.717) is 17.8 Å². The molecule has 3 fully saturated rings. The largest absolute Gasteiger partial charge is 0.480 e. The van der Waals surface area contributed by atoms with Gasteiger partial charge in [-0.25, -0.2) is 4.79 Å². The molecule has 8 heteroatoms. The SMILES string of the molecule is C[C@@H](O)[C@H](NC(=O)CO/N=C1/C=C2CC[C@H]3[C@@H]4CC[C@H](O)[C@@]4(C)CC[C@@H]3[C@@]2(C)CC1)C(=O)O. The molecule has 0 spiro atoms. The Labute approximate surface area is 195 Å². The van der Waals surface area contributed by atoms with Crippen LogP contribution in [0.5, 0.6) is 0 Å². The second-order valence-corrected chi connectivity index (χ2v) is 11.1. The number of nitrogens with zero attached hydrogens (tertiary/aromatic N) is 1. The Kier molecular flexibility index (Phi) is 6.62. The third kappa shape index (κ3) is 4.32. The zero-order valence-electron chi connectivity index (χ0n) is 19.9. The third-order valence-electron chi connectivity index (χ3n) is 9.37. The molecule has 4 N–H and O–H groups in total. The summed E-state index contributed by atoms with van der Waals surface area (Å²) in [6.07, 6.45) is 9.11. The average molecular weight is 463 g/mol. The van der Waals surface area contributed by atoms with Gasteiger partial charge in [-0.2, -0.15) is 0 Å². The van der Waals surface area contributed by atoms with Crippen LogP contribution in [0.1, 0.15) is 72.1 Å². The molecule has 0 heterocycles. The summed E-state index contributed by atoms with van der Waals surface area (Å²) in [5.74, 6) is 0.00935.